The van der Waals surface area contributed by atoms with E-state index in [1.54, 1.807) is 0 Å². The van der Waals surface area contributed by atoms with Crippen molar-refractivity contribution in [3.05, 3.63) is 0 Å². The molecule has 3 heteroatoms. The molecule has 0 aliphatic rings. The third-order valence-electron chi connectivity index (χ3n) is 3.04. The number of nitrogens with one attached hydrogen (secondary N) is 1. The second-order valence-corrected chi connectivity index (χ2v) is 5.25. The van der Waals surface area contributed by atoms with E-state index in [9.17, 15) is 0 Å². The topological polar surface area (TPSA) is 32.3 Å². The van der Waals surface area contributed by atoms with Gasteiger partial charge in [0.2, 0.25) is 0 Å². The zero-order valence-electron chi connectivity index (χ0n) is 11.5. The number of rotatable bonds is 13. The monoisotopic (exact) mass is 365 g/mol. The molecule has 0 aromatic rings. The van der Waals surface area contributed by atoms with Gasteiger partial charge in [-0.05, 0) is 23.3 Å². The van der Waals surface area contributed by atoms with Crippen molar-refractivity contribution in [2.45, 2.75) is 64.2 Å². The summed E-state index contributed by atoms with van der Waals surface area (Å²) in [6.45, 7) is 2.29. The summed E-state index contributed by atoms with van der Waals surface area (Å²) in [5, 5.41) is 12.0. The molecule has 2 nitrogen and oxygen atoms in total. The molecule has 0 saturated carbocycles. The summed E-state index contributed by atoms with van der Waals surface area (Å²) < 4.78 is 2.85. The Kier molecular flexibility index (Phi) is 17.4. The maximum atomic E-state index is 8.64. The first kappa shape index (κ1) is 18.2. The first-order valence-corrected chi connectivity index (χ1v) is 8.39. The Morgan fingerprint density at radius 1 is 0.778 bits per heavy atom. The molecule has 0 rings (SSSR count). The van der Waals surface area contributed by atoms with Gasteiger partial charge in [-0.1, -0.05) is 57.3 Å². The van der Waals surface area contributed by atoms with Gasteiger partial charge in [-0.2, -0.15) is 0 Å². The molecule has 0 aliphatic carbocycles. The Labute approximate surface area is 126 Å². The lowest BCUT2D eigenvalue weighted by Crippen LogP contribution is -2.14. The molecule has 0 radical (unpaired) electrons. The summed E-state index contributed by atoms with van der Waals surface area (Å²) in [7, 11) is 0. The van der Waals surface area contributed by atoms with E-state index < -0.39 is 0 Å². The average Bonchev–Trinajstić information content (AvgIpc) is 2.39. The van der Waals surface area contributed by atoms with Crippen molar-refractivity contribution < 1.29 is 5.11 Å². The molecule has 0 aliphatic heterocycles. The van der Waals surface area contributed by atoms with Gasteiger partial charge in [-0.15, -0.1) is 0 Å². The largest absolute Gasteiger partial charge is 0.396 e. The molecule has 0 atom stereocenters. The van der Waals surface area contributed by atoms with E-state index >= 15 is 0 Å². The highest BCUT2D eigenvalue weighted by molar-refractivity contribution is 14.1. The van der Waals surface area contributed by atoms with Gasteiger partial charge in [0.15, 0.2) is 0 Å². The lowest BCUT2D eigenvalue weighted by Gasteiger charge is -2.02. The van der Waals surface area contributed by atoms with Gasteiger partial charge in [0.05, 0.1) is 6.54 Å². The first-order chi connectivity index (χ1) is 8.91. The third kappa shape index (κ3) is 16.2. The van der Waals surface area contributed by atoms with Crippen molar-refractivity contribution in [3.8, 4) is 9.85 Å². The van der Waals surface area contributed by atoms with Crippen LogP contribution in [0.25, 0.3) is 0 Å². The summed E-state index contributed by atoms with van der Waals surface area (Å²) in [4.78, 5) is 0. The van der Waals surface area contributed by atoms with Gasteiger partial charge in [0.1, 0.15) is 0 Å². The summed E-state index contributed by atoms with van der Waals surface area (Å²) in [5.41, 5.74) is 0. The first-order valence-electron chi connectivity index (χ1n) is 7.32. The fourth-order valence-electron chi connectivity index (χ4n) is 1.96. The SMILES string of the molecule is OCCCCCCCCCCCCNCC#CI. The van der Waals surface area contributed by atoms with Crippen molar-refractivity contribution >= 4 is 22.6 Å². The van der Waals surface area contributed by atoms with Gasteiger partial charge in [0, 0.05) is 29.2 Å². The number of hydrogen-bond acceptors (Lipinski definition) is 2. The standard InChI is InChI=1S/C15H28INO/c16-12-11-14-17-13-9-7-5-3-1-2-4-6-8-10-15-18/h17-18H,1-10,13-15H2. The fourth-order valence-corrected chi connectivity index (χ4v) is 2.15. The van der Waals surface area contributed by atoms with E-state index in [1.807, 2.05) is 0 Å². The predicted octanol–water partition coefficient (Wildman–Crippen LogP) is 3.87. The smallest absolute Gasteiger partial charge is 0.0584 e. The molecule has 0 amide bonds. The second kappa shape index (κ2) is 17.2. The maximum Gasteiger partial charge on any atom is 0.0584 e. The van der Waals surface area contributed by atoms with E-state index in [0.717, 1.165) is 19.5 Å². The van der Waals surface area contributed by atoms with E-state index in [4.69, 9.17) is 5.11 Å². The zero-order chi connectivity index (χ0) is 13.3. The Morgan fingerprint density at radius 3 is 1.78 bits per heavy atom. The predicted molar refractivity (Wildman–Crippen MR) is 87.9 cm³/mol. The van der Waals surface area contributed by atoms with Crippen LogP contribution in [0, 0.1) is 9.85 Å². The van der Waals surface area contributed by atoms with Gasteiger partial charge >= 0.3 is 0 Å². The lowest BCUT2D eigenvalue weighted by molar-refractivity contribution is 0.282. The van der Waals surface area contributed by atoms with Gasteiger partial charge in [-0.3, -0.25) is 0 Å². The Hall–Kier alpha value is 0.210. The Bertz CT molecular complexity index is 210. The highest BCUT2D eigenvalue weighted by Gasteiger charge is 1.92. The molecule has 106 valence electrons. The second-order valence-electron chi connectivity index (χ2n) is 4.71. The van der Waals surface area contributed by atoms with Crippen molar-refractivity contribution in [3.63, 3.8) is 0 Å². The molecular weight excluding hydrogens is 337 g/mol. The molecule has 0 unspecified atom stereocenters. The number of aliphatic hydroxyl groups excluding tert-OH is 1. The van der Waals surface area contributed by atoms with Crippen LogP contribution < -0.4 is 5.32 Å². The molecule has 0 bridgehead atoms. The van der Waals surface area contributed by atoms with Gasteiger partial charge < -0.3 is 10.4 Å². The maximum absolute atomic E-state index is 8.64. The minimum atomic E-state index is 0.359. The third-order valence-corrected chi connectivity index (χ3v) is 3.42. The summed E-state index contributed by atoms with van der Waals surface area (Å²) in [6, 6.07) is 0. The molecule has 0 aromatic carbocycles. The summed E-state index contributed by atoms with van der Waals surface area (Å²) in [5.74, 6) is 3.00. The quantitative estimate of drug-likeness (QED) is 0.295. The van der Waals surface area contributed by atoms with Crippen LogP contribution in [0.2, 0.25) is 0 Å². The molecule has 0 heterocycles. The van der Waals surface area contributed by atoms with E-state index in [2.05, 4.69) is 37.8 Å². The number of halogens is 1. The van der Waals surface area contributed by atoms with Crippen molar-refractivity contribution in [2.24, 2.45) is 0 Å². The van der Waals surface area contributed by atoms with Gasteiger partial charge in [-0.25, -0.2) is 0 Å². The van der Waals surface area contributed by atoms with Crippen LogP contribution in [0.1, 0.15) is 64.2 Å². The van der Waals surface area contributed by atoms with Crippen molar-refractivity contribution in [1.29, 1.82) is 0 Å². The van der Waals surface area contributed by atoms with E-state index in [0.29, 0.717) is 6.61 Å². The lowest BCUT2D eigenvalue weighted by atomic mass is 10.1. The average molecular weight is 365 g/mol. The van der Waals surface area contributed by atoms with Crippen LogP contribution in [0.3, 0.4) is 0 Å². The van der Waals surface area contributed by atoms with Crippen LogP contribution in [-0.2, 0) is 0 Å². The van der Waals surface area contributed by atoms with Gasteiger partial charge in [0.25, 0.3) is 0 Å². The Balaban J connectivity index is 2.92. The minimum Gasteiger partial charge on any atom is -0.396 e. The minimum absolute atomic E-state index is 0.359. The van der Waals surface area contributed by atoms with Crippen LogP contribution >= 0.6 is 22.6 Å². The van der Waals surface area contributed by atoms with Crippen LogP contribution in [0.4, 0.5) is 0 Å². The van der Waals surface area contributed by atoms with E-state index in [-0.39, 0.29) is 0 Å². The van der Waals surface area contributed by atoms with E-state index in [1.165, 1.54) is 57.8 Å². The molecular formula is C15H28INO. The fraction of sp³-hybridized carbons (Fsp3) is 0.867. The highest BCUT2D eigenvalue weighted by atomic mass is 127. The van der Waals surface area contributed by atoms with Crippen LogP contribution in [0.15, 0.2) is 0 Å². The number of unbranched alkanes of at least 4 members (excludes halogenated alkanes) is 9. The summed E-state index contributed by atoms with van der Waals surface area (Å²) >= 11 is 2.07. The number of hydrogen-bond donors (Lipinski definition) is 2. The molecule has 0 fully saturated rings. The van der Waals surface area contributed by atoms with Crippen LogP contribution in [-0.4, -0.2) is 24.8 Å². The molecule has 0 saturated heterocycles. The van der Waals surface area contributed by atoms with Crippen LogP contribution in [0.5, 0.6) is 0 Å². The Morgan fingerprint density at radius 2 is 1.28 bits per heavy atom. The van der Waals surface area contributed by atoms with Crippen molar-refractivity contribution in [2.75, 3.05) is 19.7 Å². The molecule has 18 heavy (non-hydrogen) atoms. The highest BCUT2D eigenvalue weighted by Crippen LogP contribution is 2.10. The molecule has 2 N–H and O–H groups in total. The number of aliphatic hydroxyl groups is 1. The zero-order valence-corrected chi connectivity index (χ0v) is 13.7. The van der Waals surface area contributed by atoms with Crippen molar-refractivity contribution in [1.82, 2.24) is 5.32 Å². The summed E-state index contributed by atoms with van der Waals surface area (Å²) in [6.07, 6.45) is 12.9. The molecule has 0 aromatic heterocycles. The molecule has 0 spiro atoms. The normalized spacial score (nSPS) is 10.1.